The van der Waals surface area contributed by atoms with Gasteiger partial charge in [0.15, 0.2) is 0 Å². The summed E-state index contributed by atoms with van der Waals surface area (Å²) >= 11 is 0. The van der Waals surface area contributed by atoms with Crippen LogP contribution in [0.5, 0.6) is 0 Å². The highest BCUT2D eigenvalue weighted by Crippen LogP contribution is 2.17. The Labute approximate surface area is 121 Å². The molecule has 0 radical (unpaired) electrons. The molecule has 3 N–H and O–H groups in total. The number of hydrogen-bond acceptors (Lipinski definition) is 3. The molecule has 0 aliphatic carbocycles. The van der Waals surface area contributed by atoms with Crippen LogP contribution in [0.4, 0.5) is 0 Å². The summed E-state index contributed by atoms with van der Waals surface area (Å²) in [5.74, 6) is -0.141. The zero-order chi connectivity index (χ0) is 12.2. The smallest absolute Gasteiger partial charge is 0.237 e. The highest BCUT2D eigenvalue weighted by Gasteiger charge is 2.26. The SMILES string of the molecule is CC(C)(C)[C@H](N)C(=O)NCc1ccccn1.Cl.Cl. The topological polar surface area (TPSA) is 68.0 Å². The molecule has 0 fully saturated rings. The molecule has 4 nitrogen and oxygen atoms in total. The van der Waals surface area contributed by atoms with Crippen molar-refractivity contribution in [3.8, 4) is 0 Å². The van der Waals surface area contributed by atoms with Crippen LogP contribution in [-0.2, 0) is 11.3 Å². The lowest BCUT2D eigenvalue weighted by molar-refractivity contribution is -0.124. The second-order valence-electron chi connectivity index (χ2n) is 4.88. The fraction of sp³-hybridized carbons (Fsp3) is 0.500. The number of aromatic nitrogens is 1. The third kappa shape index (κ3) is 6.19. The Morgan fingerprint density at radius 1 is 1.39 bits per heavy atom. The van der Waals surface area contributed by atoms with Crippen molar-refractivity contribution in [3.05, 3.63) is 30.1 Å². The zero-order valence-corrected chi connectivity index (χ0v) is 12.5. The zero-order valence-electron chi connectivity index (χ0n) is 10.8. The van der Waals surface area contributed by atoms with Crippen molar-refractivity contribution in [2.45, 2.75) is 33.4 Å². The van der Waals surface area contributed by atoms with Gasteiger partial charge in [-0.15, -0.1) is 24.8 Å². The van der Waals surface area contributed by atoms with E-state index in [0.29, 0.717) is 6.54 Å². The first kappa shape index (κ1) is 19.5. The number of rotatable bonds is 3. The molecule has 0 aromatic carbocycles. The van der Waals surface area contributed by atoms with Crippen LogP contribution in [-0.4, -0.2) is 16.9 Å². The monoisotopic (exact) mass is 293 g/mol. The van der Waals surface area contributed by atoms with E-state index in [-0.39, 0.29) is 36.1 Å². The van der Waals surface area contributed by atoms with Gasteiger partial charge in [-0.2, -0.15) is 0 Å². The average Bonchev–Trinajstić information content (AvgIpc) is 2.25. The summed E-state index contributed by atoms with van der Waals surface area (Å²) < 4.78 is 0. The lowest BCUT2D eigenvalue weighted by Gasteiger charge is -2.25. The molecule has 1 rings (SSSR count). The van der Waals surface area contributed by atoms with Crippen LogP contribution >= 0.6 is 24.8 Å². The molecule has 18 heavy (non-hydrogen) atoms. The van der Waals surface area contributed by atoms with Crippen LogP contribution in [0.25, 0.3) is 0 Å². The molecule has 1 amide bonds. The number of nitrogens with zero attached hydrogens (tertiary/aromatic N) is 1. The van der Waals surface area contributed by atoms with E-state index >= 15 is 0 Å². The van der Waals surface area contributed by atoms with Gasteiger partial charge in [-0.3, -0.25) is 9.78 Å². The maximum absolute atomic E-state index is 11.7. The molecule has 0 aliphatic rings. The molecule has 0 bridgehead atoms. The maximum atomic E-state index is 11.7. The predicted octanol–water partition coefficient (Wildman–Crippen LogP) is 1.91. The van der Waals surface area contributed by atoms with Gasteiger partial charge in [-0.1, -0.05) is 26.8 Å². The van der Waals surface area contributed by atoms with E-state index in [1.165, 1.54) is 0 Å². The Balaban J connectivity index is 0. The Kier molecular flexibility index (Phi) is 8.99. The van der Waals surface area contributed by atoms with Gasteiger partial charge in [0.05, 0.1) is 18.3 Å². The van der Waals surface area contributed by atoms with Gasteiger partial charge < -0.3 is 11.1 Å². The minimum Gasteiger partial charge on any atom is -0.349 e. The highest BCUT2D eigenvalue weighted by molar-refractivity contribution is 5.85. The van der Waals surface area contributed by atoms with Crippen LogP contribution in [0.15, 0.2) is 24.4 Å². The summed E-state index contributed by atoms with van der Waals surface area (Å²) in [7, 11) is 0. The first-order valence-corrected chi connectivity index (χ1v) is 5.34. The van der Waals surface area contributed by atoms with E-state index in [9.17, 15) is 4.79 Å². The third-order valence-corrected chi connectivity index (χ3v) is 2.39. The maximum Gasteiger partial charge on any atom is 0.237 e. The Bertz CT molecular complexity index is 352. The van der Waals surface area contributed by atoms with Crippen molar-refractivity contribution in [1.82, 2.24) is 10.3 Å². The van der Waals surface area contributed by atoms with Gasteiger partial charge in [0.25, 0.3) is 0 Å². The van der Waals surface area contributed by atoms with Crippen molar-refractivity contribution in [2.75, 3.05) is 0 Å². The van der Waals surface area contributed by atoms with Gasteiger partial charge >= 0.3 is 0 Å². The number of halogens is 2. The number of nitrogens with one attached hydrogen (secondary N) is 1. The lowest BCUT2D eigenvalue weighted by atomic mass is 9.87. The second kappa shape index (κ2) is 8.29. The van der Waals surface area contributed by atoms with E-state index in [1.807, 2.05) is 39.0 Å². The molecule has 1 aromatic rings. The number of amides is 1. The molecule has 0 spiro atoms. The summed E-state index contributed by atoms with van der Waals surface area (Å²) in [6.07, 6.45) is 1.70. The normalized spacial score (nSPS) is 11.8. The van der Waals surface area contributed by atoms with Crippen LogP contribution in [0.1, 0.15) is 26.5 Å². The molecule has 0 unspecified atom stereocenters. The van der Waals surface area contributed by atoms with Crippen molar-refractivity contribution in [3.63, 3.8) is 0 Å². The second-order valence-corrected chi connectivity index (χ2v) is 4.88. The molecule has 1 heterocycles. The minimum absolute atomic E-state index is 0. The van der Waals surface area contributed by atoms with Crippen LogP contribution in [0, 0.1) is 5.41 Å². The fourth-order valence-electron chi connectivity index (χ4n) is 1.18. The quantitative estimate of drug-likeness (QED) is 0.895. The molecular formula is C12H21Cl2N3O. The summed E-state index contributed by atoms with van der Waals surface area (Å²) in [5, 5.41) is 2.78. The molecule has 0 saturated carbocycles. The molecule has 1 aromatic heterocycles. The molecule has 0 saturated heterocycles. The Hall–Kier alpha value is -0.840. The van der Waals surface area contributed by atoms with Crippen molar-refractivity contribution in [1.29, 1.82) is 0 Å². The van der Waals surface area contributed by atoms with Crippen LogP contribution in [0.2, 0.25) is 0 Å². The van der Waals surface area contributed by atoms with Gasteiger partial charge in [-0.25, -0.2) is 0 Å². The van der Waals surface area contributed by atoms with E-state index in [0.717, 1.165) is 5.69 Å². The first-order valence-electron chi connectivity index (χ1n) is 5.34. The van der Waals surface area contributed by atoms with E-state index < -0.39 is 6.04 Å². The standard InChI is InChI=1S/C12H19N3O.2ClH/c1-12(2,3)10(13)11(16)15-8-9-6-4-5-7-14-9;;/h4-7,10H,8,13H2,1-3H3,(H,15,16);2*1H/t10-;;/m1../s1. The van der Waals surface area contributed by atoms with Gasteiger partial charge in [0.2, 0.25) is 5.91 Å². The van der Waals surface area contributed by atoms with Crippen molar-refractivity contribution >= 4 is 30.7 Å². The predicted molar refractivity (Wildman–Crippen MR) is 78.0 cm³/mol. The average molecular weight is 294 g/mol. The largest absolute Gasteiger partial charge is 0.349 e. The number of carbonyl (C=O) groups is 1. The highest BCUT2D eigenvalue weighted by atomic mass is 35.5. The summed E-state index contributed by atoms with van der Waals surface area (Å²) in [5.41, 5.74) is 6.43. The number of carbonyl (C=O) groups excluding carboxylic acids is 1. The van der Waals surface area contributed by atoms with E-state index in [4.69, 9.17) is 5.73 Å². The minimum atomic E-state index is -0.504. The summed E-state index contributed by atoms with van der Waals surface area (Å²) in [6, 6.07) is 5.09. The number of hydrogen-bond donors (Lipinski definition) is 2. The molecule has 104 valence electrons. The summed E-state index contributed by atoms with van der Waals surface area (Å²) in [4.78, 5) is 15.8. The van der Waals surface area contributed by atoms with Gasteiger partial charge in [-0.05, 0) is 17.5 Å². The van der Waals surface area contributed by atoms with Crippen molar-refractivity contribution in [2.24, 2.45) is 11.1 Å². The molecular weight excluding hydrogens is 273 g/mol. The van der Waals surface area contributed by atoms with Crippen LogP contribution in [0.3, 0.4) is 0 Å². The Morgan fingerprint density at radius 2 is 2.00 bits per heavy atom. The fourth-order valence-corrected chi connectivity index (χ4v) is 1.18. The van der Waals surface area contributed by atoms with Gasteiger partial charge in [0.1, 0.15) is 0 Å². The molecule has 1 atom stereocenters. The third-order valence-electron chi connectivity index (χ3n) is 2.39. The van der Waals surface area contributed by atoms with Crippen LogP contribution < -0.4 is 11.1 Å². The van der Waals surface area contributed by atoms with Gasteiger partial charge in [0, 0.05) is 6.20 Å². The molecule has 6 heteroatoms. The molecule has 0 aliphatic heterocycles. The van der Waals surface area contributed by atoms with E-state index in [1.54, 1.807) is 6.20 Å². The lowest BCUT2D eigenvalue weighted by Crippen LogP contribution is -2.48. The number of nitrogens with two attached hydrogens (primary N) is 1. The first-order chi connectivity index (χ1) is 7.41. The Morgan fingerprint density at radius 3 is 2.44 bits per heavy atom. The number of pyridine rings is 1. The van der Waals surface area contributed by atoms with E-state index in [2.05, 4.69) is 10.3 Å². The summed E-state index contributed by atoms with van der Waals surface area (Å²) in [6.45, 7) is 6.25. The van der Waals surface area contributed by atoms with Crippen molar-refractivity contribution < 1.29 is 4.79 Å².